The summed E-state index contributed by atoms with van der Waals surface area (Å²) in [6.07, 6.45) is 25.3. The normalized spacial score (nSPS) is 12.9. The van der Waals surface area contributed by atoms with E-state index in [1.54, 1.807) is 0 Å². The number of benzene rings is 2. The van der Waals surface area contributed by atoms with Crippen molar-refractivity contribution in [2.75, 3.05) is 0 Å². The third kappa shape index (κ3) is 15.1. The monoisotopic (exact) mass is 732 g/mol. The van der Waals surface area contributed by atoms with Gasteiger partial charge in [-0.2, -0.15) is 0 Å². The number of unbranched alkanes of at least 4 members (excludes halogenated alkanes) is 7. The summed E-state index contributed by atoms with van der Waals surface area (Å²) in [5, 5.41) is 0. The third-order valence-corrected chi connectivity index (χ3v) is 11.2. The summed E-state index contributed by atoms with van der Waals surface area (Å²) in [7, 11) is 0. The van der Waals surface area contributed by atoms with Gasteiger partial charge in [-0.25, -0.2) is 4.70 Å². The number of nitrogens with zero attached hydrogens (tertiary/aromatic N) is 2. The zero-order valence-electron chi connectivity index (χ0n) is 31.6. The summed E-state index contributed by atoms with van der Waals surface area (Å²) in [6, 6.07) is 14.1. The van der Waals surface area contributed by atoms with Crippen molar-refractivity contribution in [3.8, 4) is 0 Å². The average Bonchev–Trinajstić information content (AvgIpc) is 3.42. The van der Waals surface area contributed by atoms with Gasteiger partial charge in [0.15, 0.2) is 0 Å². The van der Waals surface area contributed by atoms with Crippen LogP contribution in [0.2, 0.25) is 9.79 Å². The molecule has 0 aromatic heterocycles. The van der Waals surface area contributed by atoms with Crippen LogP contribution in [0.15, 0.2) is 48.0 Å². The van der Waals surface area contributed by atoms with Gasteiger partial charge in [-0.05, 0) is 111 Å². The fourth-order valence-electron chi connectivity index (χ4n) is 5.99. The molecular formula is C44H70N2Pd. The van der Waals surface area contributed by atoms with Crippen molar-refractivity contribution < 1.29 is 22.7 Å². The zero-order chi connectivity index (χ0) is 34.3. The maximum atomic E-state index is 11.8. The number of allylic oxidation sites excluding steroid dienone is 2. The van der Waals surface area contributed by atoms with Gasteiger partial charge in [0.25, 0.3) is 0 Å². The van der Waals surface area contributed by atoms with Crippen LogP contribution in [0.1, 0.15) is 178 Å². The molecular weight excluding hydrogens is 663 g/mol. The van der Waals surface area contributed by atoms with Crippen LogP contribution in [0.5, 0.6) is 0 Å². The molecule has 0 bridgehead atoms. The van der Waals surface area contributed by atoms with Crippen molar-refractivity contribution in [2.45, 2.75) is 180 Å². The minimum absolute atomic E-state index is 0.941. The molecule has 0 radical (unpaired) electrons. The Bertz CT molecular complexity index is 1180. The molecule has 1 aliphatic rings. The van der Waals surface area contributed by atoms with Crippen LogP contribution in [-0.2, 0) is 43.7 Å². The molecule has 0 aliphatic carbocycles. The molecule has 2 nitrogen and oxygen atoms in total. The van der Waals surface area contributed by atoms with E-state index in [-0.39, 0.29) is 0 Å². The molecule has 0 saturated heterocycles. The predicted molar refractivity (Wildman–Crippen MR) is 205 cm³/mol. The van der Waals surface area contributed by atoms with Gasteiger partial charge in [0.2, 0.25) is 11.4 Å². The number of rotatable bonds is 23. The van der Waals surface area contributed by atoms with E-state index in [1.807, 2.05) is 0 Å². The molecule has 2 aromatic rings. The summed E-state index contributed by atoms with van der Waals surface area (Å²) >= 11 is 1.07. The molecule has 3 heteroatoms. The van der Waals surface area contributed by atoms with Gasteiger partial charge in [-0.1, -0.05) is 78.9 Å². The van der Waals surface area contributed by atoms with Crippen molar-refractivity contribution in [1.82, 2.24) is 0 Å². The fourth-order valence-corrected chi connectivity index (χ4v) is 8.26. The van der Waals surface area contributed by atoms with E-state index in [0.29, 0.717) is 0 Å². The molecule has 0 saturated carbocycles. The number of aryl methyl sites for hydroxylation is 4. The topological polar surface area (TPSA) is 25.3 Å². The van der Waals surface area contributed by atoms with E-state index in [9.17, 15) is 5.53 Å². The second-order valence-electron chi connectivity index (χ2n) is 13.5. The zero-order valence-corrected chi connectivity index (χ0v) is 33.2. The van der Waals surface area contributed by atoms with Crippen molar-refractivity contribution in [3.63, 3.8) is 0 Å². The van der Waals surface area contributed by atoms with Crippen molar-refractivity contribution in [2.24, 2.45) is 0 Å². The van der Waals surface area contributed by atoms with Crippen molar-refractivity contribution in [1.29, 1.82) is 0 Å². The Morgan fingerprint density at radius 3 is 1.21 bits per heavy atom. The molecule has 0 amide bonds. The molecule has 0 spiro atoms. The van der Waals surface area contributed by atoms with Gasteiger partial charge in [-0.3, -0.25) is 0 Å². The molecule has 2 aromatic carbocycles. The molecule has 1 aliphatic heterocycles. The Kier molecular flexibility index (Phi) is 22.2. The standard InChI is InChI=1S/C36H52N2.2C4H9.Pd/c1-6-11-16-28-21-29(17-12-7-2)24-33(23-28)35-27-32(20-15-10-5)36(38(35)37)34-25-30(18-13-8-3)22-31(26-34)19-14-9-4;2*1-3-4-2;/h21-27H,6-20H2,1-5H3;2*1,3-4H2,2H3;. The third-order valence-electron chi connectivity index (χ3n) is 8.96. The van der Waals surface area contributed by atoms with Gasteiger partial charge < -0.3 is 5.53 Å². The second-order valence-corrected chi connectivity index (χ2v) is 15.8. The van der Waals surface area contributed by atoms with Crippen LogP contribution in [0.3, 0.4) is 0 Å². The first-order chi connectivity index (χ1) is 23.0. The molecule has 1 heterocycles. The first kappa shape index (κ1) is 41.4. The van der Waals surface area contributed by atoms with Gasteiger partial charge in [0.05, 0.1) is 0 Å². The van der Waals surface area contributed by atoms with E-state index in [4.69, 9.17) is 0 Å². The van der Waals surface area contributed by atoms with Crippen molar-refractivity contribution in [3.05, 3.63) is 87.0 Å². The van der Waals surface area contributed by atoms with Gasteiger partial charge in [-0.15, -0.1) is 0 Å². The van der Waals surface area contributed by atoms with Crippen LogP contribution in [0, 0.1) is 0 Å². The Hall–Kier alpha value is -1.82. The Morgan fingerprint density at radius 2 is 0.830 bits per heavy atom. The SMILES string of the molecule is CCCCC1=C(c2cc(CCCC)cc(CCCC)c2)[N+](=[N-])C(c2cc(CCCC)cc(CCCC)c2)=C1.CCC[CH2][Pd][CH2]CCC. The number of hydrogen-bond acceptors (Lipinski definition) is 0. The van der Waals surface area contributed by atoms with Crippen LogP contribution >= 0.6 is 0 Å². The molecule has 266 valence electrons. The van der Waals surface area contributed by atoms with Crippen LogP contribution in [-0.4, -0.2) is 4.70 Å². The Labute approximate surface area is 300 Å². The van der Waals surface area contributed by atoms with Gasteiger partial charge in [0.1, 0.15) is 0 Å². The number of hydrogen-bond donors (Lipinski definition) is 0. The summed E-state index contributed by atoms with van der Waals surface area (Å²) in [4.78, 5) is 3.01. The van der Waals surface area contributed by atoms with Crippen LogP contribution in [0.4, 0.5) is 0 Å². The maximum absolute atomic E-state index is 11.8. The molecule has 3 rings (SSSR count). The van der Waals surface area contributed by atoms with Gasteiger partial charge in [0, 0.05) is 22.8 Å². The van der Waals surface area contributed by atoms with E-state index in [2.05, 4.69) is 90.9 Å². The van der Waals surface area contributed by atoms with E-state index in [1.165, 1.54) is 125 Å². The Balaban J connectivity index is 0.000000745. The molecule has 0 fully saturated rings. The summed E-state index contributed by atoms with van der Waals surface area (Å²) in [5.74, 6) is 0. The molecule has 0 unspecified atom stereocenters. The van der Waals surface area contributed by atoms with Crippen LogP contribution < -0.4 is 0 Å². The summed E-state index contributed by atoms with van der Waals surface area (Å²) in [5.41, 5.74) is 23.0. The molecule has 0 atom stereocenters. The minimum atomic E-state index is 0.941. The van der Waals surface area contributed by atoms with E-state index in [0.717, 1.165) is 79.9 Å². The fraction of sp³-hybridized carbons (Fsp3) is 0.636. The predicted octanol–water partition coefficient (Wildman–Crippen LogP) is 14.6. The second kappa shape index (κ2) is 25.2. The van der Waals surface area contributed by atoms with E-state index >= 15 is 0 Å². The first-order valence-electron chi connectivity index (χ1n) is 19.6. The van der Waals surface area contributed by atoms with Crippen LogP contribution in [0.25, 0.3) is 16.9 Å². The average molecular weight is 733 g/mol. The summed E-state index contributed by atoms with van der Waals surface area (Å²) < 4.78 is 1.52. The van der Waals surface area contributed by atoms with E-state index < -0.39 is 0 Å². The van der Waals surface area contributed by atoms with Gasteiger partial charge >= 0.3 is 67.3 Å². The quantitative estimate of drug-likeness (QED) is 0.0617. The first-order valence-corrected chi connectivity index (χ1v) is 21.8. The molecule has 0 N–H and O–H groups in total. The Morgan fingerprint density at radius 1 is 0.468 bits per heavy atom. The molecule has 47 heavy (non-hydrogen) atoms. The summed E-state index contributed by atoms with van der Waals surface area (Å²) in [6.45, 7) is 15.8. The van der Waals surface area contributed by atoms with Crippen molar-refractivity contribution >= 4 is 11.4 Å².